The number of H-pyrrole nitrogens is 1. The second kappa shape index (κ2) is 11.4. The zero-order valence-corrected chi connectivity index (χ0v) is 23.0. The van der Waals surface area contributed by atoms with Crippen LogP contribution >= 0.6 is 11.3 Å². The summed E-state index contributed by atoms with van der Waals surface area (Å²) in [6, 6.07) is 14.6. The van der Waals surface area contributed by atoms with E-state index >= 15 is 0 Å². The van der Waals surface area contributed by atoms with Gasteiger partial charge < -0.3 is 19.8 Å². The highest BCUT2D eigenvalue weighted by Crippen LogP contribution is 2.40. The van der Waals surface area contributed by atoms with Crippen molar-refractivity contribution in [2.24, 2.45) is 5.92 Å². The van der Waals surface area contributed by atoms with E-state index in [4.69, 9.17) is 9.47 Å². The summed E-state index contributed by atoms with van der Waals surface area (Å²) >= 11 is 1.41. The first-order valence-corrected chi connectivity index (χ1v) is 14.1. The highest BCUT2D eigenvalue weighted by Gasteiger charge is 2.31. The molecule has 9 heteroatoms. The van der Waals surface area contributed by atoms with Crippen molar-refractivity contribution >= 4 is 45.2 Å². The molecule has 0 aliphatic heterocycles. The molecule has 202 valence electrons. The van der Waals surface area contributed by atoms with Crippen molar-refractivity contribution in [2.75, 3.05) is 11.9 Å². The fourth-order valence-electron chi connectivity index (χ4n) is 4.91. The molecule has 39 heavy (non-hydrogen) atoms. The predicted molar refractivity (Wildman–Crippen MR) is 151 cm³/mol. The van der Waals surface area contributed by atoms with Crippen molar-refractivity contribution in [1.29, 1.82) is 0 Å². The van der Waals surface area contributed by atoms with Crippen molar-refractivity contribution in [3.63, 3.8) is 0 Å². The van der Waals surface area contributed by atoms with E-state index in [-0.39, 0.29) is 13.0 Å². The van der Waals surface area contributed by atoms with Crippen molar-refractivity contribution in [1.82, 2.24) is 9.97 Å². The number of imidazole rings is 1. The van der Waals surface area contributed by atoms with Gasteiger partial charge in [-0.3, -0.25) is 4.79 Å². The van der Waals surface area contributed by atoms with Gasteiger partial charge in [-0.25, -0.2) is 14.6 Å². The van der Waals surface area contributed by atoms with Crippen LogP contribution in [0.5, 0.6) is 0 Å². The maximum atomic E-state index is 13.3. The van der Waals surface area contributed by atoms with E-state index in [1.54, 1.807) is 32.0 Å². The normalized spacial score (nSPS) is 15.4. The van der Waals surface area contributed by atoms with Crippen molar-refractivity contribution in [3.8, 4) is 11.4 Å². The van der Waals surface area contributed by atoms with Gasteiger partial charge in [-0.2, -0.15) is 0 Å². The molecular weight excluding hydrogens is 514 g/mol. The molecule has 2 heterocycles. The Morgan fingerprint density at radius 2 is 1.87 bits per heavy atom. The highest BCUT2D eigenvalue weighted by atomic mass is 32.1. The van der Waals surface area contributed by atoms with Crippen LogP contribution in [0.4, 0.5) is 5.00 Å². The number of carbonyl (C=O) groups excluding carboxylic acids is 3. The monoisotopic (exact) mass is 545 g/mol. The molecule has 1 aliphatic rings. The molecule has 8 nitrogen and oxygen atoms in total. The molecule has 0 fully saturated rings. The van der Waals surface area contributed by atoms with Gasteiger partial charge in [0.1, 0.15) is 10.8 Å². The van der Waals surface area contributed by atoms with Crippen molar-refractivity contribution < 1.29 is 23.9 Å². The third kappa shape index (κ3) is 5.45. The topological polar surface area (TPSA) is 110 Å². The lowest BCUT2D eigenvalue weighted by atomic mass is 9.88. The van der Waals surface area contributed by atoms with Crippen LogP contribution in [0.25, 0.3) is 22.4 Å². The Balaban J connectivity index is 1.38. The number of hydrogen-bond acceptors (Lipinski definition) is 7. The molecule has 1 amide bonds. The van der Waals surface area contributed by atoms with Crippen LogP contribution in [0.3, 0.4) is 0 Å². The third-order valence-corrected chi connectivity index (χ3v) is 8.10. The molecule has 0 saturated carbocycles. The summed E-state index contributed by atoms with van der Waals surface area (Å²) in [5.74, 6) is -0.503. The van der Waals surface area contributed by atoms with Gasteiger partial charge in [0.15, 0.2) is 6.10 Å². The largest absolute Gasteiger partial charge is 0.462 e. The third-order valence-electron chi connectivity index (χ3n) is 6.93. The quantitative estimate of drug-likeness (QED) is 0.256. The number of para-hydroxylation sites is 2. The summed E-state index contributed by atoms with van der Waals surface area (Å²) in [7, 11) is 0. The Labute approximate surface area is 230 Å². The number of amides is 1. The minimum Gasteiger partial charge on any atom is -0.462 e. The molecule has 5 rings (SSSR count). The Bertz CT molecular complexity index is 1510. The second-order valence-corrected chi connectivity index (χ2v) is 10.8. The second-order valence-electron chi connectivity index (χ2n) is 9.72. The van der Waals surface area contributed by atoms with E-state index in [2.05, 4.69) is 22.2 Å². The standard InChI is InChI=1S/C30H31N3O5S/c1-4-23(27(34)33-28-25(30(36)37-5-2)20-15-14-17(3)16-24(20)39-28)38-29(35)19-11-7-6-10-18(19)26-31-21-12-8-9-13-22(21)32-26/h6-13,17,23H,4-5,14-16H2,1-3H3,(H,31,32)(H,33,34). The molecule has 0 radical (unpaired) electrons. The number of rotatable bonds is 8. The molecule has 2 aromatic heterocycles. The number of carbonyl (C=O) groups is 3. The lowest BCUT2D eigenvalue weighted by Gasteiger charge is -2.18. The number of nitrogens with one attached hydrogen (secondary N) is 2. The summed E-state index contributed by atoms with van der Waals surface area (Å²) < 4.78 is 11.0. The maximum absolute atomic E-state index is 13.3. The zero-order valence-electron chi connectivity index (χ0n) is 22.2. The number of esters is 2. The van der Waals surface area contributed by atoms with Gasteiger partial charge in [-0.15, -0.1) is 11.3 Å². The fraction of sp³-hybridized carbons (Fsp3) is 0.333. The summed E-state index contributed by atoms with van der Waals surface area (Å²) in [6.07, 6.45) is 1.81. The Morgan fingerprint density at radius 1 is 1.10 bits per heavy atom. The average molecular weight is 546 g/mol. The van der Waals surface area contributed by atoms with E-state index in [1.807, 2.05) is 30.3 Å². The maximum Gasteiger partial charge on any atom is 0.341 e. The molecule has 2 N–H and O–H groups in total. The van der Waals surface area contributed by atoms with E-state index in [0.717, 1.165) is 40.7 Å². The number of aromatic amines is 1. The number of nitrogens with zero attached hydrogens (tertiary/aromatic N) is 1. The highest BCUT2D eigenvalue weighted by molar-refractivity contribution is 7.17. The van der Waals surface area contributed by atoms with Gasteiger partial charge >= 0.3 is 11.9 Å². The molecule has 0 bridgehead atoms. The lowest BCUT2D eigenvalue weighted by Crippen LogP contribution is -2.32. The van der Waals surface area contributed by atoms with Gasteiger partial charge in [-0.05, 0) is 62.3 Å². The van der Waals surface area contributed by atoms with Crippen LogP contribution in [0.2, 0.25) is 0 Å². The van der Waals surface area contributed by atoms with Crippen LogP contribution in [-0.4, -0.2) is 40.5 Å². The van der Waals surface area contributed by atoms with Crippen LogP contribution in [0, 0.1) is 5.92 Å². The number of anilines is 1. The number of ether oxygens (including phenoxy) is 2. The van der Waals surface area contributed by atoms with Crippen LogP contribution in [-0.2, 0) is 27.1 Å². The fourth-order valence-corrected chi connectivity index (χ4v) is 6.32. The molecule has 1 aliphatic carbocycles. The first-order chi connectivity index (χ1) is 18.9. The molecule has 2 atom stereocenters. The van der Waals surface area contributed by atoms with E-state index in [9.17, 15) is 14.4 Å². The summed E-state index contributed by atoms with van der Waals surface area (Å²) in [6.45, 7) is 5.96. The minimum absolute atomic E-state index is 0.243. The molecular formula is C30H31N3O5S. The Kier molecular flexibility index (Phi) is 7.79. The first-order valence-electron chi connectivity index (χ1n) is 13.3. The van der Waals surface area contributed by atoms with Crippen molar-refractivity contribution in [3.05, 3.63) is 70.1 Å². The molecule has 4 aromatic rings. The number of fused-ring (bicyclic) bond motifs is 2. The smallest absolute Gasteiger partial charge is 0.341 e. The van der Waals surface area contributed by atoms with Crippen molar-refractivity contribution in [2.45, 2.75) is 52.6 Å². The summed E-state index contributed by atoms with van der Waals surface area (Å²) in [5, 5.41) is 3.33. The van der Waals surface area contributed by atoms with Crippen LogP contribution in [0.1, 0.15) is 64.8 Å². The Hall–Kier alpha value is -3.98. The Morgan fingerprint density at radius 3 is 2.64 bits per heavy atom. The lowest BCUT2D eigenvalue weighted by molar-refractivity contribution is -0.124. The summed E-state index contributed by atoms with van der Waals surface area (Å²) in [4.78, 5) is 48.4. The SMILES string of the molecule is CCOC(=O)c1c(NC(=O)C(CC)OC(=O)c2ccccc2-c2nc3ccccc3[nH]2)sc2c1CCC(C)C2. The number of aromatic nitrogens is 2. The molecule has 0 spiro atoms. The molecule has 2 unspecified atom stereocenters. The van der Waals surface area contributed by atoms with Gasteiger partial charge in [0.05, 0.1) is 28.8 Å². The number of hydrogen-bond donors (Lipinski definition) is 2. The first kappa shape index (κ1) is 26.6. The minimum atomic E-state index is -1.05. The van der Waals surface area contributed by atoms with E-state index in [1.165, 1.54) is 11.3 Å². The van der Waals surface area contributed by atoms with Crippen LogP contribution in [0.15, 0.2) is 48.5 Å². The number of thiophene rings is 1. The van der Waals surface area contributed by atoms with Crippen LogP contribution < -0.4 is 5.32 Å². The van der Waals surface area contributed by atoms with Gasteiger partial charge in [0.2, 0.25) is 0 Å². The summed E-state index contributed by atoms with van der Waals surface area (Å²) in [5.41, 5.74) is 3.90. The van der Waals surface area contributed by atoms with Gasteiger partial charge in [0, 0.05) is 10.4 Å². The van der Waals surface area contributed by atoms with E-state index in [0.29, 0.717) is 33.4 Å². The zero-order chi connectivity index (χ0) is 27.5. The molecule has 0 saturated heterocycles. The molecule has 2 aromatic carbocycles. The number of benzene rings is 2. The average Bonchev–Trinajstić information content (AvgIpc) is 3.52. The van der Waals surface area contributed by atoms with Gasteiger partial charge in [0.25, 0.3) is 5.91 Å². The predicted octanol–water partition coefficient (Wildman–Crippen LogP) is 6.17. The van der Waals surface area contributed by atoms with E-state index < -0.39 is 23.9 Å². The van der Waals surface area contributed by atoms with Gasteiger partial charge in [-0.1, -0.05) is 44.2 Å².